The zero-order valence-corrected chi connectivity index (χ0v) is 7.83. The summed E-state index contributed by atoms with van der Waals surface area (Å²) in [4.78, 5) is 14.3. The highest BCUT2D eigenvalue weighted by atomic mass is 19.3. The normalized spacial score (nSPS) is 10.4. The lowest BCUT2D eigenvalue weighted by atomic mass is 10.2. The quantitative estimate of drug-likeness (QED) is 0.779. The van der Waals surface area contributed by atoms with Crippen LogP contribution < -0.4 is 16.2 Å². The number of pyridine rings is 1. The van der Waals surface area contributed by atoms with E-state index in [4.69, 9.17) is 16.2 Å². The van der Waals surface area contributed by atoms with Crippen molar-refractivity contribution in [2.24, 2.45) is 5.73 Å². The molecule has 4 N–H and O–H groups in total. The van der Waals surface area contributed by atoms with Crippen molar-refractivity contribution in [3.63, 3.8) is 0 Å². The van der Waals surface area contributed by atoms with Crippen LogP contribution in [-0.2, 0) is 0 Å². The number of halogens is 2. The predicted octanol–water partition coefficient (Wildman–Crippen LogP) is 0.709. The number of nitrogens with two attached hydrogens (primary N) is 2. The number of aromatic nitrogens is 1. The van der Waals surface area contributed by atoms with E-state index < -0.39 is 18.0 Å². The number of hydrogen-bond donors (Lipinski definition) is 2. The fourth-order valence-corrected chi connectivity index (χ4v) is 1.08. The Hall–Kier alpha value is -1.92. The average molecular weight is 217 g/mol. The summed E-state index contributed by atoms with van der Waals surface area (Å²) in [5, 5.41) is 0. The van der Waals surface area contributed by atoms with Crippen molar-refractivity contribution in [2.75, 3.05) is 12.8 Å². The summed E-state index contributed by atoms with van der Waals surface area (Å²) in [6.45, 7) is 0. The van der Waals surface area contributed by atoms with Crippen molar-refractivity contribution in [1.82, 2.24) is 4.98 Å². The van der Waals surface area contributed by atoms with Gasteiger partial charge in [-0.1, -0.05) is 0 Å². The molecule has 15 heavy (non-hydrogen) atoms. The van der Waals surface area contributed by atoms with E-state index in [0.717, 1.165) is 6.07 Å². The van der Waals surface area contributed by atoms with Crippen LogP contribution in [0.4, 0.5) is 14.6 Å². The lowest BCUT2D eigenvalue weighted by molar-refractivity contribution is 0.0996. The molecule has 1 aromatic heterocycles. The van der Waals surface area contributed by atoms with Crippen molar-refractivity contribution < 1.29 is 18.3 Å². The second-order valence-electron chi connectivity index (χ2n) is 2.68. The highest BCUT2D eigenvalue weighted by molar-refractivity contribution is 5.97. The molecule has 0 aromatic carbocycles. The minimum atomic E-state index is -2.82. The van der Waals surface area contributed by atoms with Gasteiger partial charge in [0.05, 0.1) is 12.7 Å². The SMILES string of the molecule is COc1c(C(N)=O)cc(C(F)F)nc1N. The molecule has 0 unspecified atom stereocenters. The summed E-state index contributed by atoms with van der Waals surface area (Å²) in [6.07, 6.45) is -2.82. The predicted molar refractivity (Wildman–Crippen MR) is 48.7 cm³/mol. The first kappa shape index (κ1) is 11.2. The second-order valence-corrected chi connectivity index (χ2v) is 2.68. The number of carbonyl (C=O) groups is 1. The first-order valence-corrected chi connectivity index (χ1v) is 3.89. The third kappa shape index (κ3) is 2.12. The van der Waals surface area contributed by atoms with Gasteiger partial charge in [0.25, 0.3) is 12.3 Å². The number of primary amides is 1. The van der Waals surface area contributed by atoms with E-state index in [9.17, 15) is 13.6 Å². The van der Waals surface area contributed by atoms with Gasteiger partial charge in [0.2, 0.25) is 0 Å². The van der Waals surface area contributed by atoms with E-state index in [-0.39, 0.29) is 17.1 Å². The molecule has 1 heterocycles. The van der Waals surface area contributed by atoms with Crippen molar-refractivity contribution in [3.05, 3.63) is 17.3 Å². The first-order chi connectivity index (χ1) is 6.97. The van der Waals surface area contributed by atoms with Crippen molar-refractivity contribution in [2.45, 2.75) is 6.43 Å². The summed E-state index contributed by atoms with van der Waals surface area (Å²) in [5.74, 6) is -1.28. The monoisotopic (exact) mass is 217 g/mol. The summed E-state index contributed by atoms with van der Waals surface area (Å²) in [7, 11) is 1.24. The maximum atomic E-state index is 12.3. The van der Waals surface area contributed by atoms with Gasteiger partial charge in [0, 0.05) is 0 Å². The summed E-state index contributed by atoms with van der Waals surface area (Å²) in [6, 6.07) is 0.863. The maximum absolute atomic E-state index is 12.3. The molecule has 0 atom stereocenters. The fourth-order valence-electron chi connectivity index (χ4n) is 1.08. The van der Waals surface area contributed by atoms with E-state index in [2.05, 4.69) is 4.98 Å². The highest BCUT2D eigenvalue weighted by Gasteiger charge is 2.19. The number of anilines is 1. The standard InChI is InChI=1S/C8H9F2N3O2/c1-15-5-3(8(12)14)2-4(6(9)10)13-7(5)11/h2,6H,1H3,(H2,11,13)(H2,12,14). The molecule has 0 radical (unpaired) electrons. The number of nitrogen functional groups attached to an aromatic ring is 1. The number of carbonyl (C=O) groups excluding carboxylic acids is 1. The Morgan fingerprint density at radius 2 is 2.20 bits per heavy atom. The molecule has 0 bridgehead atoms. The van der Waals surface area contributed by atoms with Crippen molar-refractivity contribution >= 4 is 11.7 Å². The van der Waals surface area contributed by atoms with Gasteiger partial charge in [0.1, 0.15) is 5.69 Å². The van der Waals surface area contributed by atoms with Gasteiger partial charge in [-0.05, 0) is 6.07 Å². The largest absolute Gasteiger partial charge is 0.492 e. The minimum absolute atomic E-state index is 0.0908. The number of alkyl halides is 2. The number of methoxy groups -OCH3 is 1. The summed E-state index contributed by atoms with van der Waals surface area (Å²) >= 11 is 0. The molecule has 5 nitrogen and oxygen atoms in total. The molecule has 1 rings (SSSR count). The first-order valence-electron chi connectivity index (χ1n) is 3.89. The van der Waals surface area contributed by atoms with Crippen molar-refractivity contribution in [1.29, 1.82) is 0 Å². The van der Waals surface area contributed by atoms with E-state index in [1.165, 1.54) is 7.11 Å². The Bertz CT molecular complexity index is 396. The van der Waals surface area contributed by atoms with Gasteiger partial charge in [-0.25, -0.2) is 13.8 Å². The van der Waals surface area contributed by atoms with Crippen LogP contribution in [0.5, 0.6) is 5.75 Å². The van der Waals surface area contributed by atoms with Gasteiger partial charge < -0.3 is 16.2 Å². The van der Waals surface area contributed by atoms with Crippen LogP contribution in [-0.4, -0.2) is 18.0 Å². The van der Waals surface area contributed by atoms with Gasteiger partial charge in [-0.2, -0.15) is 0 Å². The Morgan fingerprint density at radius 1 is 1.60 bits per heavy atom. The molecule has 0 spiro atoms. The molecule has 82 valence electrons. The zero-order valence-electron chi connectivity index (χ0n) is 7.83. The lowest BCUT2D eigenvalue weighted by Crippen LogP contribution is -2.15. The van der Waals surface area contributed by atoms with E-state index in [0.29, 0.717) is 0 Å². The number of ether oxygens (including phenoxy) is 1. The average Bonchev–Trinajstić information content (AvgIpc) is 2.16. The van der Waals surface area contributed by atoms with Gasteiger partial charge >= 0.3 is 0 Å². The van der Waals surface area contributed by atoms with Crippen LogP contribution in [0.1, 0.15) is 22.5 Å². The topological polar surface area (TPSA) is 91.2 Å². The summed E-state index contributed by atoms with van der Waals surface area (Å²) in [5.41, 5.74) is 9.49. The molecule has 0 fully saturated rings. The van der Waals surface area contributed by atoms with Crippen LogP contribution >= 0.6 is 0 Å². The summed E-state index contributed by atoms with van der Waals surface area (Å²) < 4.78 is 29.4. The smallest absolute Gasteiger partial charge is 0.280 e. The number of nitrogens with zero attached hydrogens (tertiary/aromatic N) is 1. The molecular weight excluding hydrogens is 208 g/mol. The molecule has 0 aliphatic carbocycles. The minimum Gasteiger partial charge on any atom is -0.492 e. The van der Waals surface area contributed by atoms with Crippen LogP contribution in [0.15, 0.2) is 6.07 Å². The number of hydrogen-bond acceptors (Lipinski definition) is 4. The molecule has 0 saturated carbocycles. The van der Waals surface area contributed by atoms with Gasteiger partial charge in [-0.3, -0.25) is 4.79 Å². The molecule has 0 aliphatic heterocycles. The fraction of sp³-hybridized carbons (Fsp3) is 0.250. The molecule has 7 heteroatoms. The van der Waals surface area contributed by atoms with Crippen LogP contribution in [0.2, 0.25) is 0 Å². The van der Waals surface area contributed by atoms with E-state index >= 15 is 0 Å². The Labute approximate surface area is 84.0 Å². The Morgan fingerprint density at radius 3 is 2.60 bits per heavy atom. The van der Waals surface area contributed by atoms with Gasteiger partial charge in [0.15, 0.2) is 11.6 Å². The maximum Gasteiger partial charge on any atom is 0.280 e. The Kier molecular flexibility index (Phi) is 3.03. The van der Waals surface area contributed by atoms with E-state index in [1.807, 2.05) is 0 Å². The third-order valence-corrected chi connectivity index (χ3v) is 1.71. The number of rotatable bonds is 3. The van der Waals surface area contributed by atoms with Crippen LogP contribution in [0.3, 0.4) is 0 Å². The van der Waals surface area contributed by atoms with Gasteiger partial charge in [-0.15, -0.1) is 0 Å². The van der Waals surface area contributed by atoms with Crippen LogP contribution in [0.25, 0.3) is 0 Å². The third-order valence-electron chi connectivity index (χ3n) is 1.71. The lowest BCUT2D eigenvalue weighted by Gasteiger charge is -2.09. The van der Waals surface area contributed by atoms with E-state index in [1.54, 1.807) is 0 Å². The van der Waals surface area contributed by atoms with Crippen LogP contribution in [0, 0.1) is 0 Å². The molecule has 0 saturated heterocycles. The molecule has 1 aromatic rings. The zero-order chi connectivity index (χ0) is 11.6. The molecular formula is C8H9F2N3O2. The second kappa shape index (κ2) is 4.07. The molecule has 0 aliphatic rings. The van der Waals surface area contributed by atoms with Crippen molar-refractivity contribution in [3.8, 4) is 5.75 Å². The Balaban J connectivity index is 3.38. The molecule has 1 amide bonds. The number of amides is 1. The highest BCUT2D eigenvalue weighted by Crippen LogP contribution is 2.28.